The molecular formula is C13H17ClN4O2. The number of nitro groups is 1. The van der Waals surface area contributed by atoms with Crippen molar-refractivity contribution >= 4 is 23.0 Å². The maximum Gasteiger partial charge on any atom is 0.310 e. The molecule has 0 aliphatic carbocycles. The van der Waals surface area contributed by atoms with Crippen molar-refractivity contribution in [3.05, 3.63) is 33.3 Å². The summed E-state index contributed by atoms with van der Waals surface area (Å²) < 4.78 is 0. The van der Waals surface area contributed by atoms with Gasteiger partial charge in [0.15, 0.2) is 0 Å². The number of nitro benzene ring substituents is 1. The molecular weight excluding hydrogens is 280 g/mol. The number of nitrogens with one attached hydrogen (secondary N) is 1. The largest absolute Gasteiger partial charge is 0.363 e. The molecule has 2 fully saturated rings. The molecule has 2 heterocycles. The van der Waals surface area contributed by atoms with Crippen LogP contribution in [0.4, 0.5) is 11.4 Å². The van der Waals surface area contributed by atoms with E-state index < -0.39 is 4.92 Å². The van der Waals surface area contributed by atoms with Crippen molar-refractivity contribution in [2.24, 2.45) is 0 Å². The topological polar surface area (TPSA) is 61.7 Å². The Morgan fingerprint density at radius 1 is 1.30 bits per heavy atom. The van der Waals surface area contributed by atoms with Gasteiger partial charge in [-0.3, -0.25) is 15.0 Å². The molecule has 0 radical (unpaired) electrons. The van der Waals surface area contributed by atoms with Gasteiger partial charge in [-0.15, -0.1) is 0 Å². The van der Waals surface area contributed by atoms with E-state index in [1.54, 1.807) is 18.2 Å². The Labute approximate surface area is 122 Å². The van der Waals surface area contributed by atoms with Crippen LogP contribution in [0.1, 0.15) is 0 Å². The zero-order chi connectivity index (χ0) is 14.1. The van der Waals surface area contributed by atoms with Gasteiger partial charge in [-0.05, 0) is 12.1 Å². The molecule has 20 heavy (non-hydrogen) atoms. The average Bonchev–Trinajstić information content (AvgIpc) is 2.38. The predicted molar refractivity (Wildman–Crippen MR) is 78.6 cm³/mol. The quantitative estimate of drug-likeness (QED) is 0.674. The standard InChI is InChI=1S/C13H17ClN4O2/c14-11-2-1-3-12(13(11)18(19)20)17-8-10(9-17)16-6-4-15-5-7-16/h1-3,10,15H,4-9H2. The average molecular weight is 297 g/mol. The van der Waals surface area contributed by atoms with Gasteiger partial charge in [-0.1, -0.05) is 17.7 Å². The zero-order valence-corrected chi connectivity index (χ0v) is 11.8. The Morgan fingerprint density at radius 2 is 2.00 bits per heavy atom. The van der Waals surface area contributed by atoms with Crippen molar-refractivity contribution < 1.29 is 4.92 Å². The Kier molecular flexibility index (Phi) is 3.78. The van der Waals surface area contributed by atoms with Crippen molar-refractivity contribution in [2.75, 3.05) is 44.2 Å². The van der Waals surface area contributed by atoms with E-state index in [4.69, 9.17) is 11.6 Å². The van der Waals surface area contributed by atoms with Gasteiger partial charge in [0.2, 0.25) is 0 Å². The normalized spacial score (nSPS) is 20.8. The second kappa shape index (κ2) is 5.55. The van der Waals surface area contributed by atoms with Crippen molar-refractivity contribution in [1.29, 1.82) is 0 Å². The number of anilines is 1. The number of hydrogen-bond acceptors (Lipinski definition) is 5. The Morgan fingerprint density at radius 3 is 2.65 bits per heavy atom. The van der Waals surface area contributed by atoms with Gasteiger partial charge in [0, 0.05) is 45.3 Å². The smallest absolute Gasteiger partial charge is 0.310 e. The van der Waals surface area contributed by atoms with Crippen LogP contribution in [0, 0.1) is 10.1 Å². The van der Waals surface area contributed by atoms with E-state index in [2.05, 4.69) is 10.2 Å². The molecule has 0 amide bonds. The van der Waals surface area contributed by atoms with Crippen LogP contribution in [0.15, 0.2) is 18.2 Å². The summed E-state index contributed by atoms with van der Waals surface area (Å²) in [5.74, 6) is 0. The molecule has 0 saturated carbocycles. The molecule has 2 saturated heterocycles. The Balaban J connectivity index is 1.70. The summed E-state index contributed by atoms with van der Waals surface area (Å²) in [5.41, 5.74) is 0.654. The van der Waals surface area contributed by atoms with Gasteiger partial charge in [-0.2, -0.15) is 0 Å². The molecule has 1 aromatic carbocycles. The van der Waals surface area contributed by atoms with Crippen LogP contribution in [0.2, 0.25) is 5.02 Å². The Hall–Kier alpha value is -1.37. The van der Waals surface area contributed by atoms with Crippen LogP contribution in [0.3, 0.4) is 0 Å². The minimum atomic E-state index is -0.393. The highest BCUT2D eigenvalue weighted by Crippen LogP contribution is 2.37. The third-order valence-corrected chi connectivity index (χ3v) is 4.32. The van der Waals surface area contributed by atoms with Gasteiger partial charge in [0.05, 0.1) is 4.92 Å². The highest BCUT2D eigenvalue weighted by molar-refractivity contribution is 6.33. The molecule has 6 nitrogen and oxygen atoms in total. The van der Waals surface area contributed by atoms with Crippen molar-refractivity contribution in [1.82, 2.24) is 10.2 Å². The van der Waals surface area contributed by atoms with Crippen LogP contribution >= 0.6 is 11.6 Å². The number of piperazine rings is 1. The number of hydrogen-bond donors (Lipinski definition) is 1. The lowest BCUT2D eigenvalue weighted by Crippen LogP contribution is -2.63. The van der Waals surface area contributed by atoms with Gasteiger partial charge in [0.1, 0.15) is 10.7 Å². The van der Waals surface area contributed by atoms with E-state index in [0.717, 1.165) is 39.3 Å². The fraction of sp³-hybridized carbons (Fsp3) is 0.538. The minimum Gasteiger partial charge on any atom is -0.363 e. The summed E-state index contributed by atoms with van der Waals surface area (Å²) in [6, 6.07) is 5.60. The molecule has 0 atom stereocenters. The SMILES string of the molecule is O=[N+]([O-])c1c(Cl)cccc1N1CC(N2CCNCC2)C1. The predicted octanol–water partition coefficient (Wildman–Crippen LogP) is 1.34. The third kappa shape index (κ3) is 2.46. The monoisotopic (exact) mass is 296 g/mol. The molecule has 0 spiro atoms. The summed E-state index contributed by atoms with van der Waals surface area (Å²) in [4.78, 5) is 15.2. The van der Waals surface area contributed by atoms with Crippen molar-refractivity contribution in [2.45, 2.75) is 6.04 Å². The maximum absolute atomic E-state index is 11.1. The van der Waals surface area contributed by atoms with E-state index in [1.165, 1.54) is 0 Å². The van der Waals surface area contributed by atoms with E-state index in [9.17, 15) is 10.1 Å². The number of benzene rings is 1. The lowest BCUT2D eigenvalue weighted by molar-refractivity contribution is -0.384. The van der Waals surface area contributed by atoms with Crippen LogP contribution in [0.5, 0.6) is 0 Å². The minimum absolute atomic E-state index is 0.0212. The highest BCUT2D eigenvalue weighted by Gasteiger charge is 2.35. The fourth-order valence-electron chi connectivity index (χ4n) is 2.87. The molecule has 1 aromatic rings. The molecule has 0 aromatic heterocycles. The number of rotatable bonds is 3. The zero-order valence-electron chi connectivity index (χ0n) is 11.1. The first-order chi connectivity index (χ1) is 9.66. The third-order valence-electron chi connectivity index (χ3n) is 4.02. The maximum atomic E-state index is 11.1. The molecule has 0 unspecified atom stereocenters. The molecule has 3 rings (SSSR count). The second-order valence-corrected chi connectivity index (χ2v) is 5.62. The van der Waals surface area contributed by atoms with Crippen LogP contribution < -0.4 is 10.2 Å². The van der Waals surface area contributed by atoms with E-state index in [1.807, 2.05) is 4.90 Å². The summed E-state index contributed by atoms with van der Waals surface area (Å²) in [6.07, 6.45) is 0. The van der Waals surface area contributed by atoms with E-state index in [0.29, 0.717) is 11.7 Å². The molecule has 0 bridgehead atoms. The van der Waals surface area contributed by atoms with Gasteiger partial charge >= 0.3 is 5.69 Å². The van der Waals surface area contributed by atoms with Gasteiger partial charge in [-0.25, -0.2) is 0 Å². The summed E-state index contributed by atoms with van der Waals surface area (Å²) in [7, 11) is 0. The lowest BCUT2D eigenvalue weighted by atomic mass is 10.0. The first-order valence-electron chi connectivity index (χ1n) is 6.79. The molecule has 108 valence electrons. The summed E-state index contributed by atoms with van der Waals surface area (Å²) in [5, 5.41) is 14.7. The van der Waals surface area contributed by atoms with Crippen molar-refractivity contribution in [3.8, 4) is 0 Å². The molecule has 2 aliphatic rings. The second-order valence-electron chi connectivity index (χ2n) is 5.21. The number of para-hydroxylation sites is 1. The van der Waals surface area contributed by atoms with E-state index >= 15 is 0 Å². The molecule has 2 aliphatic heterocycles. The highest BCUT2D eigenvalue weighted by atomic mass is 35.5. The summed E-state index contributed by atoms with van der Waals surface area (Å²) in [6.45, 7) is 5.82. The van der Waals surface area contributed by atoms with Crippen LogP contribution in [0.25, 0.3) is 0 Å². The lowest BCUT2D eigenvalue weighted by Gasteiger charge is -2.47. The molecule has 1 N–H and O–H groups in total. The first kappa shape index (κ1) is 13.6. The number of halogens is 1. The molecule has 7 heteroatoms. The summed E-state index contributed by atoms with van der Waals surface area (Å²) >= 11 is 5.95. The van der Waals surface area contributed by atoms with Crippen LogP contribution in [-0.2, 0) is 0 Å². The number of nitrogens with zero attached hydrogens (tertiary/aromatic N) is 3. The fourth-order valence-corrected chi connectivity index (χ4v) is 3.11. The van der Waals surface area contributed by atoms with Crippen LogP contribution in [-0.4, -0.2) is 55.1 Å². The first-order valence-corrected chi connectivity index (χ1v) is 7.17. The van der Waals surface area contributed by atoms with E-state index in [-0.39, 0.29) is 10.7 Å². The van der Waals surface area contributed by atoms with Crippen molar-refractivity contribution in [3.63, 3.8) is 0 Å². The van der Waals surface area contributed by atoms with Gasteiger partial charge in [0.25, 0.3) is 0 Å². The van der Waals surface area contributed by atoms with Gasteiger partial charge < -0.3 is 10.2 Å². The Bertz CT molecular complexity index is 513.